The zero-order valence-electron chi connectivity index (χ0n) is 8.75. The predicted molar refractivity (Wildman–Crippen MR) is 63.7 cm³/mol. The third kappa shape index (κ3) is 4.34. The van der Waals surface area contributed by atoms with Gasteiger partial charge in [-0.2, -0.15) is 0 Å². The Morgan fingerprint density at radius 3 is 2.86 bits per heavy atom. The van der Waals surface area contributed by atoms with Crippen molar-refractivity contribution in [3.8, 4) is 5.06 Å². The molecule has 0 saturated carbocycles. The van der Waals surface area contributed by atoms with Gasteiger partial charge in [-0.05, 0) is 36.8 Å². The van der Waals surface area contributed by atoms with Crippen LogP contribution in [0.4, 0.5) is 0 Å². The molecule has 1 aromatic heterocycles. The summed E-state index contributed by atoms with van der Waals surface area (Å²) >= 11 is 7.73. The molecule has 1 unspecified atom stereocenters. The van der Waals surface area contributed by atoms with Crippen molar-refractivity contribution in [2.24, 2.45) is 0 Å². The third-order valence-corrected chi connectivity index (χ3v) is 3.38. The van der Waals surface area contributed by atoms with Gasteiger partial charge < -0.3 is 4.74 Å². The molecular formula is C11H17ClOS. The van der Waals surface area contributed by atoms with E-state index in [1.165, 1.54) is 5.56 Å². The van der Waals surface area contributed by atoms with Gasteiger partial charge in [0.25, 0.3) is 0 Å². The molecule has 0 saturated heterocycles. The van der Waals surface area contributed by atoms with Gasteiger partial charge in [-0.1, -0.05) is 13.3 Å². The summed E-state index contributed by atoms with van der Waals surface area (Å²) < 4.78 is 5.58. The molecule has 80 valence electrons. The average molecular weight is 233 g/mol. The highest BCUT2D eigenvalue weighted by atomic mass is 35.5. The summed E-state index contributed by atoms with van der Waals surface area (Å²) in [5, 5.41) is 3.36. The van der Waals surface area contributed by atoms with Crippen LogP contribution in [0.5, 0.6) is 5.06 Å². The smallest absolute Gasteiger partial charge is 0.173 e. The Hall–Kier alpha value is -0.210. The Morgan fingerprint density at radius 1 is 1.50 bits per heavy atom. The maximum Gasteiger partial charge on any atom is 0.173 e. The average Bonchev–Trinajstić information content (AvgIpc) is 2.52. The number of hydrogen-bond acceptors (Lipinski definition) is 2. The first-order chi connectivity index (χ1) is 6.72. The lowest BCUT2D eigenvalue weighted by molar-refractivity contribution is 0.315. The molecule has 0 spiro atoms. The van der Waals surface area contributed by atoms with E-state index in [9.17, 15) is 0 Å². The van der Waals surface area contributed by atoms with Gasteiger partial charge in [-0.15, -0.1) is 22.9 Å². The molecule has 0 aliphatic rings. The highest BCUT2D eigenvalue weighted by Crippen LogP contribution is 2.22. The van der Waals surface area contributed by atoms with Crippen molar-refractivity contribution >= 4 is 22.9 Å². The third-order valence-electron chi connectivity index (χ3n) is 1.98. The first-order valence-electron chi connectivity index (χ1n) is 5.04. The van der Waals surface area contributed by atoms with Crippen LogP contribution in [0, 0.1) is 6.92 Å². The minimum Gasteiger partial charge on any atom is -0.484 e. The molecule has 1 heterocycles. The maximum atomic E-state index is 6.08. The fourth-order valence-electron chi connectivity index (χ4n) is 1.23. The largest absolute Gasteiger partial charge is 0.484 e. The molecule has 0 radical (unpaired) electrons. The van der Waals surface area contributed by atoms with Gasteiger partial charge in [-0.3, -0.25) is 0 Å². The Morgan fingerprint density at radius 2 is 2.29 bits per heavy atom. The Bertz CT molecular complexity index is 260. The molecule has 1 atom stereocenters. The second-order valence-corrected chi connectivity index (χ2v) is 4.96. The van der Waals surface area contributed by atoms with Gasteiger partial charge in [0.2, 0.25) is 0 Å². The van der Waals surface area contributed by atoms with E-state index < -0.39 is 0 Å². The molecular weight excluding hydrogens is 216 g/mol. The van der Waals surface area contributed by atoms with Crippen LogP contribution >= 0.6 is 22.9 Å². The van der Waals surface area contributed by atoms with E-state index >= 15 is 0 Å². The van der Waals surface area contributed by atoms with Gasteiger partial charge in [0.1, 0.15) is 0 Å². The minimum atomic E-state index is 0.265. The lowest BCUT2D eigenvalue weighted by Gasteiger charge is -2.07. The van der Waals surface area contributed by atoms with Gasteiger partial charge in [0.05, 0.1) is 6.61 Å². The van der Waals surface area contributed by atoms with E-state index in [4.69, 9.17) is 16.3 Å². The zero-order chi connectivity index (χ0) is 10.4. The maximum absolute atomic E-state index is 6.08. The number of rotatable bonds is 6. The molecule has 3 heteroatoms. The molecule has 0 aromatic carbocycles. The molecule has 0 aliphatic carbocycles. The second-order valence-electron chi connectivity index (χ2n) is 3.47. The first-order valence-corrected chi connectivity index (χ1v) is 6.36. The molecule has 1 nitrogen and oxygen atoms in total. The summed E-state index contributed by atoms with van der Waals surface area (Å²) in [6.45, 7) is 4.96. The van der Waals surface area contributed by atoms with Crippen molar-refractivity contribution in [2.75, 3.05) is 6.61 Å². The summed E-state index contributed by atoms with van der Waals surface area (Å²) in [6, 6.07) is 2.06. The van der Waals surface area contributed by atoms with E-state index in [1.807, 2.05) is 0 Å². The molecule has 1 rings (SSSR count). The van der Waals surface area contributed by atoms with E-state index in [2.05, 4.69) is 25.3 Å². The van der Waals surface area contributed by atoms with Crippen LogP contribution in [0.3, 0.4) is 0 Å². The highest BCUT2D eigenvalue weighted by molar-refractivity contribution is 7.12. The normalized spacial score (nSPS) is 12.8. The SMILES string of the molecule is CCCC(Cl)CCOc1cc(C)cs1. The number of alkyl halides is 1. The zero-order valence-corrected chi connectivity index (χ0v) is 10.3. The monoisotopic (exact) mass is 232 g/mol. The first kappa shape index (κ1) is 11.9. The topological polar surface area (TPSA) is 9.23 Å². The van der Waals surface area contributed by atoms with Crippen LogP contribution in [-0.2, 0) is 0 Å². The molecule has 14 heavy (non-hydrogen) atoms. The van der Waals surface area contributed by atoms with Crippen molar-refractivity contribution < 1.29 is 4.74 Å². The lowest BCUT2D eigenvalue weighted by Crippen LogP contribution is -2.05. The van der Waals surface area contributed by atoms with Gasteiger partial charge >= 0.3 is 0 Å². The molecule has 1 aromatic rings. The Balaban J connectivity index is 2.15. The number of halogens is 1. The van der Waals surface area contributed by atoms with Gasteiger partial charge in [0, 0.05) is 5.38 Å². The summed E-state index contributed by atoms with van der Waals surface area (Å²) in [6.07, 6.45) is 3.16. The van der Waals surface area contributed by atoms with Crippen LogP contribution in [-0.4, -0.2) is 12.0 Å². The van der Waals surface area contributed by atoms with Crippen molar-refractivity contribution in [1.29, 1.82) is 0 Å². The summed E-state index contributed by atoms with van der Waals surface area (Å²) in [4.78, 5) is 0. The highest BCUT2D eigenvalue weighted by Gasteiger charge is 2.03. The van der Waals surface area contributed by atoms with Crippen molar-refractivity contribution in [3.63, 3.8) is 0 Å². The van der Waals surface area contributed by atoms with Crippen LogP contribution < -0.4 is 4.74 Å². The van der Waals surface area contributed by atoms with Crippen molar-refractivity contribution in [1.82, 2.24) is 0 Å². The van der Waals surface area contributed by atoms with Gasteiger partial charge in [-0.25, -0.2) is 0 Å². The Kier molecular flexibility index (Phi) is 5.34. The molecule has 0 N–H and O–H groups in total. The van der Waals surface area contributed by atoms with Crippen molar-refractivity contribution in [3.05, 3.63) is 17.0 Å². The summed E-state index contributed by atoms with van der Waals surface area (Å²) in [7, 11) is 0. The number of aryl methyl sites for hydroxylation is 1. The Labute approximate surface area is 95.0 Å². The lowest BCUT2D eigenvalue weighted by atomic mass is 10.2. The van der Waals surface area contributed by atoms with E-state index in [0.29, 0.717) is 0 Å². The predicted octanol–water partition coefficient (Wildman–Crippen LogP) is 4.23. The van der Waals surface area contributed by atoms with E-state index in [1.54, 1.807) is 11.3 Å². The van der Waals surface area contributed by atoms with Crippen LogP contribution in [0.15, 0.2) is 11.4 Å². The fraction of sp³-hybridized carbons (Fsp3) is 0.636. The number of ether oxygens (including phenoxy) is 1. The molecule has 0 aliphatic heterocycles. The standard InChI is InChI=1S/C11H17ClOS/c1-3-4-10(12)5-6-13-11-7-9(2)8-14-11/h7-8,10H,3-6H2,1-2H3. The van der Waals surface area contributed by atoms with Crippen molar-refractivity contribution in [2.45, 2.75) is 38.5 Å². The minimum absolute atomic E-state index is 0.265. The molecule has 0 amide bonds. The quantitative estimate of drug-likeness (QED) is 0.667. The second kappa shape index (κ2) is 6.31. The van der Waals surface area contributed by atoms with E-state index in [-0.39, 0.29) is 5.38 Å². The number of hydrogen-bond donors (Lipinski definition) is 0. The van der Waals surface area contributed by atoms with Gasteiger partial charge in [0.15, 0.2) is 5.06 Å². The fourth-order valence-corrected chi connectivity index (χ4v) is 2.31. The van der Waals surface area contributed by atoms with E-state index in [0.717, 1.165) is 30.9 Å². The van der Waals surface area contributed by atoms with Crippen LogP contribution in [0.1, 0.15) is 31.7 Å². The van der Waals surface area contributed by atoms with Crippen LogP contribution in [0.2, 0.25) is 0 Å². The number of thiophene rings is 1. The summed E-state index contributed by atoms with van der Waals surface area (Å²) in [5.74, 6) is 0. The molecule has 0 fully saturated rings. The summed E-state index contributed by atoms with van der Waals surface area (Å²) in [5.41, 5.74) is 1.26. The molecule has 0 bridgehead atoms. The van der Waals surface area contributed by atoms with Crippen LogP contribution in [0.25, 0.3) is 0 Å².